The number of aromatic nitrogens is 1. The fourth-order valence-corrected chi connectivity index (χ4v) is 2.16. The van der Waals surface area contributed by atoms with Gasteiger partial charge >= 0.3 is 0 Å². The van der Waals surface area contributed by atoms with Gasteiger partial charge in [-0.15, -0.1) is 0 Å². The third kappa shape index (κ3) is 2.52. The minimum absolute atomic E-state index is 0.0217. The molecule has 1 fully saturated rings. The molecule has 1 unspecified atom stereocenters. The molecule has 1 atom stereocenters. The molecular formula is C15H18N4O. The zero-order chi connectivity index (χ0) is 14.1. The molecule has 0 spiro atoms. The molecule has 1 saturated carbocycles. The Labute approximate surface area is 117 Å². The van der Waals surface area contributed by atoms with Gasteiger partial charge in [0.25, 0.3) is 0 Å². The van der Waals surface area contributed by atoms with Crippen molar-refractivity contribution in [1.29, 1.82) is 0 Å². The van der Waals surface area contributed by atoms with E-state index in [-0.39, 0.29) is 11.9 Å². The van der Waals surface area contributed by atoms with Crippen molar-refractivity contribution in [3.8, 4) is 0 Å². The molecule has 20 heavy (non-hydrogen) atoms. The Morgan fingerprint density at radius 1 is 1.40 bits per heavy atom. The lowest BCUT2D eigenvalue weighted by atomic mass is 10.1. The summed E-state index contributed by atoms with van der Waals surface area (Å²) in [6.07, 6.45) is 3.90. The van der Waals surface area contributed by atoms with Crippen molar-refractivity contribution in [3.63, 3.8) is 0 Å². The third-order valence-electron chi connectivity index (χ3n) is 3.49. The number of nitrogens with two attached hydrogens (primary N) is 1. The van der Waals surface area contributed by atoms with Gasteiger partial charge in [0.1, 0.15) is 6.04 Å². The lowest BCUT2D eigenvalue weighted by Crippen LogP contribution is -2.38. The molecule has 3 rings (SSSR count). The Hall–Kier alpha value is -2.30. The van der Waals surface area contributed by atoms with E-state index >= 15 is 0 Å². The molecule has 1 amide bonds. The summed E-state index contributed by atoms with van der Waals surface area (Å²) in [6.45, 7) is 1.85. The molecule has 5 nitrogen and oxygen atoms in total. The molecule has 0 bridgehead atoms. The summed E-state index contributed by atoms with van der Waals surface area (Å²) in [5, 5.41) is 7.10. The summed E-state index contributed by atoms with van der Waals surface area (Å²) < 4.78 is 0. The van der Waals surface area contributed by atoms with Crippen molar-refractivity contribution >= 4 is 28.2 Å². The lowest BCUT2D eigenvalue weighted by molar-refractivity contribution is -0.121. The Morgan fingerprint density at radius 2 is 2.20 bits per heavy atom. The first kappa shape index (κ1) is 12.7. The van der Waals surface area contributed by atoms with Crippen LogP contribution >= 0.6 is 0 Å². The normalized spacial score (nSPS) is 15.8. The molecule has 2 aromatic rings. The standard InChI is InChI=1S/C15H18N4O/c1-9(15(20)19-10-4-5-10)18-13-7-6-12(16)11-3-2-8-17-14(11)13/h2-3,6-10,18H,4-5,16H2,1H3,(H,19,20). The van der Waals surface area contributed by atoms with Crippen molar-refractivity contribution in [3.05, 3.63) is 30.5 Å². The second-order valence-electron chi connectivity index (χ2n) is 5.25. The monoisotopic (exact) mass is 270 g/mol. The second-order valence-corrected chi connectivity index (χ2v) is 5.25. The Balaban J connectivity index is 1.83. The maximum absolute atomic E-state index is 12.0. The second kappa shape index (κ2) is 5.00. The van der Waals surface area contributed by atoms with Crippen LogP contribution in [0, 0.1) is 0 Å². The molecule has 0 aliphatic heterocycles. The third-order valence-corrected chi connectivity index (χ3v) is 3.49. The van der Waals surface area contributed by atoms with Crippen LogP contribution in [0.15, 0.2) is 30.5 Å². The highest BCUT2D eigenvalue weighted by molar-refractivity contribution is 5.99. The summed E-state index contributed by atoms with van der Waals surface area (Å²) >= 11 is 0. The summed E-state index contributed by atoms with van der Waals surface area (Å²) in [7, 11) is 0. The number of hydrogen-bond acceptors (Lipinski definition) is 4. The van der Waals surface area contributed by atoms with Gasteiger partial charge in [0.05, 0.1) is 11.2 Å². The molecule has 1 aliphatic rings. The quantitative estimate of drug-likeness (QED) is 0.741. The van der Waals surface area contributed by atoms with E-state index in [4.69, 9.17) is 5.73 Å². The van der Waals surface area contributed by atoms with Crippen LogP contribution in [0.2, 0.25) is 0 Å². The molecule has 1 aliphatic carbocycles. The topological polar surface area (TPSA) is 80.0 Å². The van der Waals surface area contributed by atoms with E-state index in [0.29, 0.717) is 11.7 Å². The van der Waals surface area contributed by atoms with Crippen molar-refractivity contribution in [2.24, 2.45) is 0 Å². The first-order chi connectivity index (χ1) is 9.65. The fourth-order valence-electron chi connectivity index (χ4n) is 2.16. The van der Waals surface area contributed by atoms with Crippen molar-refractivity contribution in [2.75, 3.05) is 11.1 Å². The van der Waals surface area contributed by atoms with Gasteiger partial charge in [-0.3, -0.25) is 9.78 Å². The Morgan fingerprint density at radius 3 is 2.95 bits per heavy atom. The number of fused-ring (bicyclic) bond motifs is 1. The van der Waals surface area contributed by atoms with Gasteiger partial charge < -0.3 is 16.4 Å². The largest absolute Gasteiger partial charge is 0.398 e. The number of nitrogens with zero attached hydrogens (tertiary/aromatic N) is 1. The van der Waals surface area contributed by atoms with Gasteiger partial charge in [-0.25, -0.2) is 0 Å². The van der Waals surface area contributed by atoms with Crippen LogP contribution in [0.3, 0.4) is 0 Å². The Kier molecular flexibility index (Phi) is 3.18. The van der Waals surface area contributed by atoms with E-state index in [1.165, 1.54) is 0 Å². The summed E-state index contributed by atoms with van der Waals surface area (Å²) in [6, 6.07) is 7.55. The highest BCUT2D eigenvalue weighted by Gasteiger charge is 2.25. The van der Waals surface area contributed by atoms with Crippen molar-refractivity contribution in [2.45, 2.75) is 31.8 Å². The van der Waals surface area contributed by atoms with Crippen molar-refractivity contribution < 1.29 is 4.79 Å². The predicted octanol–water partition coefficient (Wildman–Crippen LogP) is 1.90. The summed E-state index contributed by atoms with van der Waals surface area (Å²) in [5.41, 5.74) is 8.25. The SMILES string of the molecule is CC(Nc1ccc(N)c2cccnc12)C(=O)NC1CC1. The van der Waals surface area contributed by atoms with Crippen LogP contribution in [-0.4, -0.2) is 23.0 Å². The van der Waals surface area contributed by atoms with Crippen LogP contribution in [0.5, 0.6) is 0 Å². The van der Waals surface area contributed by atoms with Gasteiger partial charge in [0.2, 0.25) is 5.91 Å². The number of pyridine rings is 1. The molecule has 4 N–H and O–H groups in total. The van der Waals surface area contributed by atoms with Gasteiger partial charge in [0.15, 0.2) is 0 Å². The smallest absolute Gasteiger partial charge is 0.242 e. The number of carbonyl (C=O) groups excluding carboxylic acids is 1. The minimum Gasteiger partial charge on any atom is -0.398 e. The highest BCUT2D eigenvalue weighted by atomic mass is 16.2. The first-order valence-corrected chi connectivity index (χ1v) is 6.85. The van der Waals surface area contributed by atoms with E-state index in [0.717, 1.165) is 29.4 Å². The molecule has 5 heteroatoms. The molecule has 0 radical (unpaired) electrons. The van der Waals surface area contributed by atoms with E-state index < -0.39 is 0 Å². The van der Waals surface area contributed by atoms with Crippen LogP contribution in [-0.2, 0) is 4.79 Å². The van der Waals surface area contributed by atoms with Gasteiger partial charge in [-0.05, 0) is 44.0 Å². The minimum atomic E-state index is -0.301. The van der Waals surface area contributed by atoms with Crippen LogP contribution < -0.4 is 16.4 Å². The number of carbonyl (C=O) groups is 1. The van der Waals surface area contributed by atoms with Gasteiger partial charge in [0, 0.05) is 23.3 Å². The van der Waals surface area contributed by atoms with Crippen LogP contribution in [0.1, 0.15) is 19.8 Å². The number of nitrogen functional groups attached to an aromatic ring is 1. The fraction of sp³-hybridized carbons (Fsp3) is 0.333. The number of hydrogen-bond donors (Lipinski definition) is 3. The average molecular weight is 270 g/mol. The van der Waals surface area contributed by atoms with Gasteiger partial charge in [-0.2, -0.15) is 0 Å². The van der Waals surface area contributed by atoms with Crippen molar-refractivity contribution in [1.82, 2.24) is 10.3 Å². The summed E-state index contributed by atoms with van der Waals surface area (Å²) in [5.74, 6) is 0.0217. The first-order valence-electron chi connectivity index (χ1n) is 6.85. The molecule has 104 valence electrons. The number of rotatable bonds is 4. The maximum Gasteiger partial charge on any atom is 0.242 e. The van der Waals surface area contributed by atoms with E-state index in [1.54, 1.807) is 6.20 Å². The maximum atomic E-state index is 12.0. The Bertz CT molecular complexity index is 651. The summed E-state index contributed by atoms with van der Waals surface area (Å²) in [4.78, 5) is 16.3. The molecule has 1 heterocycles. The van der Waals surface area contributed by atoms with Crippen LogP contribution in [0.4, 0.5) is 11.4 Å². The van der Waals surface area contributed by atoms with E-state index in [9.17, 15) is 4.79 Å². The number of benzene rings is 1. The zero-order valence-corrected chi connectivity index (χ0v) is 11.4. The van der Waals surface area contributed by atoms with E-state index in [2.05, 4.69) is 15.6 Å². The zero-order valence-electron chi connectivity index (χ0n) is 11.4. The number of anilines is 2. The van der Waals surface area contributed by atoms with Gasteiger partial charge in [-0.1, -0.05) is 0 Å². The highest BCUT2D eigenvalue weighted by Crippen LogP contribution is 2.26. The molecular weight excluding hydrogens is 252 g/mol. The molecule has 1 aromatic heterocycles. The van der Waals surface area contributed by atoms with Crippen LogP contribution in [0.25, 0.3) is 10.9 Å². The predicted molar refractivity (Wildman–Crippen MR) is 80.4 cm³/mol. The number of nitrogens with one attached hydrogen (secondary N) is 2. The molecule has 1 aromatic carbocycles. The lowest BCUT2D eigenvalue weighted by Gasteiger charge is -2.16. The average Bonchev–Trinajstić information content (AvgIpc) is 3.26. The molecule has 0 saturated heterocycles. The number of amides is 1. The van der Waals surface area contributed by atoms with E-state index in [1.807, 2.05) is 31.2 Å².